The molecule has 0 nitrogen and oxygen atoms in total. The van der Waals surface area contributed by atoms with E-state index in [0.717, 1.165) is 11.9 Å². The first-order chi connectivity index (χ1) is 8.00. The maximum atomic E-state index is 6.16. The van der Waals surface area contributed by atoms with Crippen LogP contribution in [0.15, 0.2) is 18.2 Å². The van der Waals surface area contributed by atoms with Gasteiger partial charge in [0.25, 0.3) is 0 Å². The van der Waals surface area contributed by atoms with Gasteiger partial charge in [0.2, 0.25) is 0 Å². The zero-order valence-electron chi connectivity index (χ0n) is 11.6. The van der Waals surface area contributed by atoms with Crippen molar-refractivity contribution in [1.82, 2.24) is 0 Å². The molecule has 2 radical (unpaired) electrons. The van der Waals surface area contributed by atoms with Gasteiger partial charge < -0.3 is 0 Å². The predicted molar refractivity (Wildman–Crippen MR) is 76.1 cm³/mol. The third-order valence-corrected chi connectivity index (χ3v) is 4.79. The molecular weight excluding hydrogens is 203 g/mol. The second kappa shape index (κ2) is 4.51. The van der Waals surface area contributed by atoms with Crippen molar-refractivity contribution in [3.05, 3.63) is 29.3 Å². The fourth-order valence-corrected chi connectivity index (χ4v) is 3.88. The Labute approximate surface area is 107 Å². The Balaban J connectivity index is 2.63. The van der Waals surface area contributed by atoms with Gasteiger partial charge in [-0.15, -0.1) is 0 Å². The predicted octanol–water partition coefficient (Wildman–Crippen LogP) is 3.37. The first-order valence-electron chi connectivity index (χ1n) is 6.88. The fourth-order valence-electron chi connectivity index (χ4n) is 3.88. The van der Waals surface area contributed by atoms with E-state index in [4.69, 9.17) is 7.85 Å². The molecule has 90 valence electrons. The summed E-state index contributed by atoms with van der Waals surface area (Å²) in [5.41, 5.74) is 4.26. The third kappa shape index (κ3) is 1.84. The van der Waals surface area contributed by atoms with E-state index in [1.807, 2.05) is 0 Å². The number of rotatable bonds is 2. The zero-order chi connectivity index (χ0) is 12.6. The Bertz CT molecular complexity index is 396. The number of hydrogen-bond donors (Lipinski definition) is 0. The average Bonchev–Trinajstić information content (AvgIpc) is 2.28. The lowest BCUT2D eigenvalue weighted by Gasteiger charge is -2.46. The van der Waals surface area contributed by atoms with Gasteiger partial charge in [0.05, 0.1) is 0 Å². The largest absolute Gasteiger partial charge is 0.114 e. The molecule has 0 unspecified atom stereocenters. The van der Waals surface area contributed by atoms with Crippen LogP contribution in [0.3, 0.4) is 0 Å². The molecule has 0 aromatic heterocycles. The summed E-state index contributed by atoms with van der Waals surface area (Å²) in [7, 11) is 6.16. The summed E-state index contributed by atoms with van der Waals surface area (Å²) in [4.78, 5) is 0. The molecule has 1 aliphatic carbocycles. The lowest BCUT2D eigenvalue weighted by atomic mass is 9.57. The van der Waals surface area contributed by atoms with Crippen molar-refractivity contribution in [2.45, 2.75) is 52.4 Å². The van der Waals surface area contributed by atoms with Crippen LogP contribution >= 0.6 is 0 Å². The van der Waals surface area contributed by atoms with Gasteiger partial charge in [0, 0.05) is 5.41 Å². The second-order valence-electron chi connectivity index (χ2n) is 6.08. The summed E-state index contributed by atoms with van der Waals surface area (Å²) in [5, 5.41) is 0. The van der Waals surface area contributed by atoms with Crippen LogP contribution in [0.5, 0.6) is 0 Å². The molecule has 0 atom stereocenters. The summed E-state index contributed by atoms with van der Waals surface area (Å²) in [6.07, 6.45) is 3.74. The Morgan fingerprint density at radius 3 is 2.35 bits per heavy atom. The smallest absolute Gasteiger partial charge is 0.0932 e. The summed E-state index contributed by atoms with van der Waals surface area (Å²) in [6.45, 7) is 9.44. The van der Waals surface area contributed by atoms with Crippen LogP contribution in [0.1, 0.15) is 51.7 Å². The van der Waals surface area contributed by atoms with Gasteiger partial charge in [-0.2, -0.15) is 0 Å². The van der Waals surface area contributed by atoms with Gasteiger partial charge in [0.15, 0.2) is 0 Å². The van der Waals surface area contributed by atoms with Gasteiger partial charge in [-0.25, -0.2) is 0 Å². The SMILES string of the molecule is [B]c1cccc2c1CCCC2(C(C)C)C(C)C. The van der Waals surface area contributed by atoms with Crippen molar-refractivity contribution in [3.8, 4) is 0 Å². The van der Waals surface area contributed by atoms with Crippen LogP contribution in [0.25, 0.3) is 0 Å². The van der Waals surface area contributed by atoms with Crippen LogP contribution in [0.2, 0.25) is 0 Å². The highest BCUT2D eigenvalue weighted by Gasteiger charge is 2.41. The van der Waals surface area contributed by atoms with E-state index in [2.05, 4.69) is 45.9 Å². The van der Waals surface area contributed by atoms with Crippen LogP contribution in [-0.4, -0.2) is 7.85 Å². The molecule has 0 N–H and O–H groups in total. The molecule has 0 fully saturated rings. The standard InChI is InChI=1S/C16H23B/c1-11(2)16(12(3)4)10-6-7-13-14(16)8-5-9-15(13)17/h5,8-9,11-12H,6-7,10H2,1-4H3. The van der Waals surface area contributed by atoms with Gasteiger partial charge in [-0.05, 0) is 36.7 Å². The molecule has 0 heterocycles. The van der Waals surface area contributed by atoms with E-state index in [9.17, 15) is 0 Å². The summed E-state index contributed by atoms with van der Waals surface area (Å²) >= 11 is 0. The molecule has 0 amide bonds. The molecule has 1 aliphatic rings. The number of hydrogen-bond acceptors (Lipinski definition) is 0. The van der Waals surface area contributed by atoms with Crippen molar-refractivity contribution >= 4 is 13.3 Å². The van der Waals surface area contributed by atoms with Crippen molar-refractivity contribution in [2.75, 3.05) is 0 Å². The van der Waals surface area contributed by atoms with E-state index in [-0.39, 0.29) is 0 Å². The molecule has 1 heteroatoms. The molecule has 17 heavy (non-hydrogen) atoms. The molecule has 1 aromatic carbocycles. The Morgan fingerprint density at radius 1 is 1.12 bits per heavy atom. The second-order valence-corrected chi connectivity index (χ2v) is 6.08. The molecular formula is C16H23B. The first kappa shape index (κ1) is 12.7. The molecule has 0 aliphatic heterocycles. The van der Waals surface area contributed by atoms with Crippen molar-refractivity contribution in [2.24, 2.45) is 11.8 Å². The monoisotopic (exact) mass is 226 g/mol. The molecule has 0 bridgehead atoms. The van der Waals surface area contributed by atoms with E-state index in [1.54, 1.807) is 0 Å². The highest BCUT2D eigenvalue weighted by molar-refractivity contribution is 6.33. The van der Waals surface area contributed by atoms with Gasteiger partial charge in [-0.1, -0.05) is 56.9 Å². The molecule has 0 saturated heterocycles. The maximum Gasteiger partial charge on any atom is 0.114 e. The minimum Gasteiger partial charge on any atom is -0.0932 e. The zero-order valence-corrected chi connectivity index (χ0v) is 11.6. The number of benzene rings is 1. The van der Waals surface area contributed by atoms with Crippen molar-refractivity contribution in [1.29, 1.82) is 0 Å². The van der Waals surface area contributed by atoms with Crippen LogP contribution in [0.4, 0.5) is 0 Å². The van der Waals surface area contributed by atoms with Crippen LogP contribution in [0, 0.1) is 11.8 Å². The molecule has 0 spiro atoms. The summed E-state index contributed by atoms with van der Waals surface area (Å²) in [5.74, 6) is 1.34. The minimum absolute atomic E-state index is 0.322. The lowest BCUT2D eigenvalue weighted by molar-refractivity contribution is 0.186. The maximum absolute atomic E-state index is 6.16. The third-order valence-electron chi connectivity index (χ3n) is 4.79. The summed E-state index contributed by atoms with van der Waals surface area (Å²) < 4.78 is 0. The van der Waals surface area contributed by atoms with Crippen LogP contribution < -0.4 is 5.46 Å². The average molecular weight is 226 g/mol. The van der Waals surface area contributed by atoms with Crippen molar-refractivity contribution < 1.29 is 0 Å². The molecule has 0 saturated carbocycles. The van der Waals surface area contributed by atoms with E-state index in [1.165, 1.54) is 24.0 Å². The van der Waals surface area contributed by atoms with E-state index in [0.29, 0.717) is 17.3 Å². The lowest BCUT2D eigenvalue weighted by Crippen LogP contribution is -2.42. The Kier molecular flexibility index (Phi) is 3.38. The number of fused-ring (bicyclic) bond motifs is 1. The first-order valence-corrected chi connectivity index (χ1v) is 6.88. The Morgan fingerprint density at radius 2 is 1.76 bits per heavy atom. The Hall–Kier alpha value is -0.715. The summed E-state index contributed by atoms with van der Waals surface area (Å²) in [6, 6.07) is 6.49. The highest BCUT2D eigenvalue weighted by Crippen LogP contribution is 2.47. The van der Waals surface area contributed by atoms with Crippen molar-refractivity contribution in [3.63, 3.8) is 0 Å². The van der Waals surface area contributed by atoms with Gasteiger partial charge in [0.1, 0.15) is 7.85 Å². The highest BCUT2D eigenvalue weighted by atomic mass is 14.5. The van der Waals surface area contributed by atoms with Gasteiger partial charge in [-0.3, -0.25) is 0 Å². The fraction of sp³-hybridized carbons (Fsp3) is 0.625. The minimum atomic E-state index is 0.322. The van der Waals surface area contributed by atoms with Crippen LogP contribution in [-0.2, 0) is 11.8 Å². The van der Waals surface area contributed by atoms with Gasteiger partial charge >= 0.3 is 0 Å². The molecule has 2 rings (SSSR count). The van der Waals surface area contributed by atoms with E-state index < -0.39 is 0 Å². The normalized spacial score (nSPS) is 18.5. The topological polar surface area (TPSA) is 0 Å². The quantitative estimate of drug-likeness (QED) is 0.678. The molecule has 1 aromatic rings. The van der Waals surface area contributed by atoms with E-state index >= 15 is 0 Å².